The predicted molar refractivity (Wildman–Crippen MR) is 115 cm³/mol. The zero-order chi connectivity index (χ0) is 20.1. The molecule has 2 nitrogen and oxygen atoms in total. The van der Waals surface area contributed by atoms with Gasteiger partial charge in [-0.15, -0.1) is 0 Å². The van der Waals surface area contributed by atoms with Crippen LogP contribution < -0.4 is 0 Å². The van der Waals surface area contributed by atoms with E-state index in [1.54, 1.807) is 0 Å². The molecule has 2 saturated heterocycles. The summed E-state index contributed by atoms with van der Waals surface area (Å²) in [4.78, 5) is 5.25. The SMILES string of the molecule is [CH2]CCC(C1CC(C)(C)N(C)C(C)(C)C1)C1CC(C)(C)N(C)C(C)(C)C1. The molecule has 0 aromatic carbocycles. The molecule has 2 fully saturated rings. The molecule has 0 unspecified atom stereocenters. The fourth-order valence-electron chi connectivity index (χ4n) is 6.59. The quantitative estimate of drug-likeness (QED) is 0.603. The summed E-state index contributed by atoms with van der Waals surface area (Å²) in [5.41, 5.74) is 1.12. The second kappa shape index (κ2) is 7.07. The number of hydrogen-bond donors (Lipinski definition) is 0. The molecule has 1 radical (unpaired) electrons. The fraction of sp³-hybridized carbons (Fsp3) is 0.958. The topological polar surface area (TPSA) is 6.48 Å². The molecule has 0 amide bonds. The normalized spacial score (nSPS) is 30.0. The molecule has 0 aromatic rings. The average Bonchev–Trinajstić information content (AvgIpc) is 2.46. The highest BCUT2D eigenvalue weighted by molar-refractivity contribution is 5.04. The van der Waals surface area contributed by atoms with E-state index in [1.165, 1.54) is 32.1 Å². The maximum absolute atomic E-state index is 4.27. The van der Waals surface area contributed by atoms with Crippen molar-refractivity contribution >= 4 is 0 Å². The molecule has 2 aliphatic heterocycles. The highest BCUT2D eigenvalue weighted by Gasteiger charge is 2.50. The molecular formula is C24H47N2. The highest BCUT2D eigenvalue weighted by Crippen LogP contribution is 2.51. The summed E-state index contributed by atoms with van der Waals surface area (Å²) in [7, 11) is 4.66. The van der Waals surface area contributed by atoms with Gasteiger partial charge >= 0.3 is 0 Å². The average molecular weight is 364 g/mol. The first-order chi connectivity index (χ1) is 11.6. The van der Waals surface area contributed by atoms with Crippen LogP contribution in [-0.2, 0) is 0 Å². The summed E-state index contributed by atoms with van der Waals surface area (Å²) in [5.74, 6) is 2.45. The van der Waals surface area contributed by atoms with Gasteiger partial charge in [0.2, 0.25) is 0 Å². The van der Waals surface area contributed by atoms with Crippen LogP contribution in [0.4, 0.5) is 0 Å². The van der Waals surface area contributed by atoms with Gasteiger partial charge in [-0.25, -0.2) is 0 Å². The summed E-state index contributed by atoms with van der Waals surface area (Å²) in [6, 6.07) is 0. The van der Waals surface area contributed by atoms with Crippen molar-refractivity contribution in [1.29, 1.82) is 0 Å². The van der Waals surface area contributed by atoms with Crippen molar-refractivity contribution in [3.8, 4) is 0 Å². The Labute approximate surface area is 165 Å². The van der Waals surface area contributed by atoms with Crippen LogP contribution in [0.25, 0.3) is 0 Å². The summed E-state index contributed by atoms with van der Waals surface area (Å²) in [6.45, 7) is 23.9. The van der Waals surface area contributed by atoms with Crippen LogP contribution in [0.15, 0.2) is 0 Å². The number of rotatable bonds is 4. The van der Waals surface area contributed by atoms with E-state index < -0.39 is 0 Å². The first kappa shape index (κ1) is 22.2. The van der Waals surface area contributed by atoms with Crippen molar-refractivity contribution in [2.24, 2.45) is 17.8 Å². The van der Waals surface area contributed by atoms with Crippen LogP contribution >= 0.6 is 0 Å². The Morgan fingerprint density at radius 3 is 1.19 bits per heavy atom. The van der Waals surface area contributed by atoms with E-state index >= 15 is 0 Å². The summed E-state index contributed by atoms with van der Waals surface area (Å²) in [5, 5.41) is 0. The Morgan fingerprint density at radius 1 is 0.692 bits per heavy atom. The molecule has 153 valence electrons. The number of nitrogens with zero attached hydrogens (tertiary/aromatic N) is 2. The van der Waals surface area contributed by atoms with Gasteiger partial charge in [-0.3, -0.25) is 9.80 Å². The second-order valence-electron chi connectivity index (χ2n) is 12.0. The van der Waals surface area contributed by atoms with Crippen molar-refractivity contribution in [2.45, 2.75) is 116 Å². The molecule has 0 aliphatic carbocycles. The predicted octanol–water partition coefficient (Wildman–Crippen LogP) is 6.01. The van der Waals surface area contributed by atoms with E-state index in [-0.39, 0.29) is 22.2 Å². The first-order valence-corrected chi connectivity index (χ1v) is 10.9. The molecule has 0 bridgehead atoms. The molecule has 2 heteroatoms. The minimum Gasteiger partial charge on any atom is -0.296 e. The van der Waals surface area contributed by atoms with Gasteiger partial charge in [-0.05, 0) is 119 Å². The summed E-state index contributed by atoms with van der Waals surface area (Å²) >= 11 is 0. The lowest BCUT2D eigenvalue weighted by molar-refractivity contribution is -0.0839. The second-order valence-corrected chi connectivity index (χ2v) is 12.0. The zero-order valence-corrected chi connectivity index (χ0v) is 19.6. The van der Waals surface area contributed by atoms with Gasteiger partial charge in [0.15, 0.2) is 0 Å². The van der Waals surface area contributed by atoms with Crippen molar-refractivity contribution in [1.82, 2.24) is 9.80 Å². The Bertz CT molecular complexity index is 410. The van der Waals surface area contributed by atoms with Gasteiger partial charge in [-0.2, -0.15) is 0 Å². The molecule has 2 aliphatic rings. The Morgan fingerprint density at radius 2 is 0.962 bits per heavy atom. The Hall–Kier alpha value is -0.0800. The molecule has 2 rings (SSSR count). The maximum atomic E-state index is 4.27. The molecule has 0 aromatic heterocycles. The van der Waals surface area contributed by atoms with Crippen molar-refractivity contribution < 1.29 is 0 Å². The van der Waals surface area contributed by atoms with Crippen molar-refractivity contribution in [3.05, 3.63) is 6.92 Å². The van der Waals surface area contributed by atoms with Crippen molar-refractivity contribution in [3.63, 3.8) is 0 Å². The molecule has 2 heterocycles. The molecule has 0 N–H and O–H groups in total. The van der Waals surface area contributed by atoms with E-state index in [2.05, 4.69) is 86.2 Å². The van der Waals surface area contributed by atoms with Crippen LogP contribution in [0.1, 0.15) is 93.9 Å². The first-order valence-electron chi connectivity index (χ1n) is 10.9. The van der Waals surface area contributed by atoms with E-state index in [9.17, 15) is 0 Å². The van der Waals surface area contributed by atoms with E-state index in [4.69, 9.17) is 0 Å². The summed E-state index contributed by atoms with van der Waals surface area (Å²) < 4.78 is 0. The van der Waals surface area contributed by atoms with Crippen molar-refractivity contribution in [2.75, 3.05) is 14.1 Å². The number of likely N-dealkylation sites (tertiary alicyclic amines) is 2. The van der Waals surface area contributed by atoms with Gasteiger partial charge in [0.1, 0.15) is 0 Å². The lowest BCUT2D eigenvalue weighted by Crippen LogP contribution is -2.62. The molecule has 0 saturated carbocycles. The monoisotopic (exact) mass is 363 g/mol. The molecular weight excluding hydrogens is 316 g/mol. The molecule has 0 spiro atoms. The molecule has 26 heavy (non-hydrogen) atoms. The number of piperidine rings is 2. The number of hydrogen-bond acceptors (Lipinski definition) is 2. The van der Waals surface area contributed by atoms with Gasteiger partial charge in [0, 0.05) is 22.2 Å². The van der Waals surface area contributed by atoms with Gasteiger partial charge in [0.25, 0.3) is 0 Å². The van der Waals surface area contributed by atoms with Crippen LogP contribution in [0.5, 0.6) is 0 Å². The third-order valence-corrected chi connectivity index (χ3v) is 8.43. The van der Waals surface area contributed by atoms with Crippen LogP contribution in [0.3, 0.4) is 0 Å². The summed E-state index contributed by atoms with van der Waals surface area (Å²) in [6.07, 6.45) is 7.66. The Balaban J connectivity index is 2.31. The van der Waals surface area contributed by atoms with E-state index in [0.29, 0.717) is 0 Å². The van der Waals surface area contributed by atoms with E-state index in [1.807, 2.05) is 0 Å². The third-order valence-electron chi connectivity index (χ3n) is 8.43. The standard InChI is InChI=1S/C24H47N2/c1-12-13-20(18-14-21(2,3)25(10)22(4,5)15-18)19-16-23(6,7)26(11)24(8,9)17-19/h18-20H,1,12-17H2,2-11H3. The van der Waals surface area contributed by atoms with Crippen LogP contribution in [-0.4, -0.2) is 46.1 Å². The lowest BCUT2D eigenvalue weighted by atomic mass is 9.60. The van der Waals surface area contributed by atoms with Gasteiger partial charge in [-0.1, -0.05) is 13.3 Å². The van der Waals surface area contributed by atoms with Gasteiger partial charge < -0.3 is 0 Å². The lowest BCUT2D eigenvalue weighted by Gasteiger charge is -2.59. The smallest absolute Gasteiger partial charge is 0.0158 e. The van der Waals surface area contributed by atoms with Gasteiger partial charge in [0.05, 0.1) is 0 Å². The van der Waals surface area contributed by atoms with Crippen LogP contribution in [0.2, 0.25) is 0 Å². The Kier molecular flexibility index (Phi) is 6.04. The fourth-order valence-corrected chi connectivity index (χ4v) is 6.59. The van der Waals surface area contributed by atoms with E-state index in [0.717, 1.165) is 24.2 Å². The largest absolute Gasteiger partial charge is 0.296 e. The third kappa shape index (κ3) is 4.17. The zero-order valence-electron chi connectivity index (χ0n) is 19.6. The maximum Gasteiger partial charge on any atom is 0.0158 e. The highest BCUT2D eigenvalue weighted by atomic mass is 15.2. The minimum absolute atomic E-state index is 0.280. The molecule has 0 atom stereocenters. The minimum atomic E-state index is 0.280. The van der Waals surface area contributed by atoms with Crippen LogP contribution in [0, 0.1) is 24.7 Å².